The minimum Gasteiger partial charge on any atom is -0.454 e. The molecule has 0 amide bonds. The van der Waals surface area contributed by atoms with Crippen LogP contribution >= 0.6 is 0 Å². The van der Waals surface area contributed by atoms with Crippen molar-refractivity contribution >= 4 is 32.5 Å². The number of sulfonamides is 1. The molecule has 3 aromatic carbocycles. The van der Waals surface area contributed by atoms with Crippen LogP contribution in [0, 0.1) is 29.1 Å². The molecular weight excluding hydrogens is 685 g/mol. The summed E-state index contributed by atoms with van der Waals surface area (Å²) >= 11 is 0. The predicted octanol–water partition coefficient (Wildman–Crippen LogP) is 4.22. The van der Waals surface area contributed by atoms with Gasteiger partial charge in [-0.15, -0.1) is 0 Å². The van der Waals surface area contributed by atoms with Gasteiger partial charge in [0.25, 0.3) is 10.0 Å². The number of carbonyl (C=O) groups excluding carboxylic acids is 1. The average Bonchev–Trinajstić information content (AvgIpc) is 3.57. The summed E-state index contributed by atoms with van der Waals surface area (Å²) < 4.78 is 55.4. The molecule has 6 aliphatic rings. The number of likely N-dealkylation sites (tertiary alicyclic amines) is 1. The molecule has 12 atom stereocenters. The monoisotopic (exact) mass is 732 g/mol. The Morgan fingerprint density at radius 3 is 2.42 bits per heavy atom. The quantitative estimate of drug-likeness (QED) is 0.274. The van der Waals surface area contributed by atoms with Gasteiger partial charge in [-0.25, -0.2) is 13.2 Å². The Balaban J connectivity index is 1.10. The van der Waals surface area contributed by atoms with E-state index in [0.29, 0.717) is 45.2 Å². The highest BCUT2D eigenvalue weighted by atomic mass is 32.2. The minimum absolute atomic E-state index is 0.0873. The molecule has 6 fully saturated rings. The molecule has 1 unspecified atom stereocenters. The maximum absolute atomic E-state index is 14.6. The maximum atomic E-state index is 14.6. The molecule has 3 N–H and O–H groups in total. The van der Waals surface area contributed by atoms with E-state index in [9.17, 15) is 23.4 Å². The molecule has 1 spiro atoms. The number of fused-ring (bicyclic) bond motifs is 3. The summed E-state index contributed by atoms with van der Waals surface area (Å²) in [6, 6.07) is 18.9. The summed E-state index contributed by atoms with van der Waals surface area (Å²) in [4.78, 5) is 17.0. The number of esters is 1. The van der Waals surface area contributed by atoms with Gasteiger partial charge >= 0.3 is 5.97 Å². The smallest absolute Gasteiger partial charge is 0.340 e. The Morgan fingerprint density at radius 2 is 1.69 bits per heavy atom. The van der Waals surface area contributed by atoms with Crippen molar-refractivity contribution in [3.8, 4) is 0 Å². The molecule has 3 aromatic rings. The zero-order chi connectivity index (χ0) is 36.4. The number of anilines is 1. The van der Waals surface area contributed by atoms with E-state index >= 15 is 0 Å². The Kier molecular flexibility index (Phi) is 7.80. The number of likely N-dealkylation sites (N-methyl/N-ethyl adjacent to an activating group) is 1. The van der Waals surface area contributed by atoms with Gasteiger partial charge in [0.05, 0.1) is 34.5 Å². The fourth-order valence-electron chi connectivity index (χ4n) is 12.9. The van der Waals surface area contributed by atoms with Crippen molar-refractivity contribution in [1.82, 2.24) is 4.90 Å². The van der Waals surface area contributed by atoms with Gasteiger partial charge in [-0.1, -0.05) is 49.4 Å². The lowest BCUT2D eigenvalue weighted by Gasteiger charge is -2.70. The first-order chi connectivity index (χ1) is 24.9. The molecule has 278 valence electrons. The van der Waals surface area contributed by atoms with Crippen LogP contribution in [0.15, 0.2) is 71.6 Å². The molecule has 12 heteroatoms. The number of methoxy groups -OCH3 is 3. The largest absolute Gasteiger partial charge is 0.454 e. The number of rotatable bonds is 9. The zero-order valence-electron chi connectivity index (χ0n) is 30.0. The number of para-hydroxylation sites is 1. The Bertz CT molecular complexity index is 2050. The van der Waals surface area contributed by atoms with E-state index in [0.717, 1.165) is 10.8 Å². The second-order valence-corrected chi connectivity index (χ2v) is 17.8. The maximum Gasteiger partial charge on any atom is 0.340 e. The number of piperidine rings is 1. The lowest BCUT2D eigenvalue weighted by Crippen LogP contribution is -2.83. The SMILES string of the molecule is CCN1C[C@]2(OC(=O)c3ccccc3NS(=O)(=O)c3ccc4ccccc4c3)CC[C@H](OC)[C@]34C1[C@H](C[C@H]23)[C@@]1(O)C[C@H](OC)[C@H]2C[C@@H]4[C@]1(O)[C@H]2OC. The van der Waals surface area contributed by atoms with Crippen LogP contribution in [0.5, 0.6) is 0 Å². The fraction of sp³-hybridized carbons (Fsp3) is 0.575. The summed E-state index contributed by atoms with van der Waals surface area (Å²) in [6.07, 6.45) is 1.45. The molecule has 0 aromatic heterocycles. The summed E-state index contributed by atoms with van der Waals surface area (Å²) in [6.45, 7) is 3.21. The standard InChI is InChI=1S/C40H48N2O9S/c1-5-42-22-37(51-36(43)26-12-8-9-13-29(26)41-52(46,47)25-15-14-23-10-6-7-11-24(23)18-25)17-16-33(49-3)39-31(37)20-28(34(39)42)38(44)21-30(48-2)27-19-32(39)40(38,45)35(27)50-4/h6-15,18,27-28,30-35,41,44-45H,5,16-17,19-22H2,1-4H3/t27-,28+,30+,31-,32+,33+,34?,35+,37-,38+,39+,40+/m1/s1. The Labute approximate surface area is 304 Å². The highest BCUT2D eigenvalue weighted by Gasteiger charge is 2.89. The molecule has 1 saturated heterocycles. The third-order valence-electron chi connectivity index (χ3n) is 14.6. The summed E-state index contributed by atoms with van der Waals surface area (Å²) in [7, 11) is 0.947. The normalized spacial score (nSPS) is 41.6. The van der Waals surface area contributed by atoms with Crippen molar-refractivity contribution in [3.63, 3.8) is 0 Å². The molecular formula is C40H48N2O9S. The van der Waals surface area contributed by atoms with Crippen LogP contribution in [0.2, 0.25) is 0 Å². The van der Waals surface area contributed by atoms with Gasteiger partial charge < -0.3 is 29.2 Å². The van der Waals surface area contributed by atoms with E-state index in [4.69, 9.17) is 18.9 Å². The molecule has 5 aliphatic carbocycles. The van der Waals surface area contributed by atoms with Crippen molar-refractivity contribution in [2.45, 2.75) is 85.1 Å². The van der Waals surface area contributed by atoms with Gasteiger partial charge in [0.2, 0.25) is 0 Å². The van der Waals surface area contributed by atoms with E-state index in [1.165, 1.54) is 0 Å². The Morgan fingerprint density at radius 1 is 0.942 bits per heavy atom. The van der Waals surface area contributed by atoms with Crippen LogP contribution in [0.25, 0.3) is 10.8 Å². The van der Waals surface area contributed by atoms with Crippen LogP contribution in [-0.2, 0) is 29.0 Å². The van der Waals surface area contributed by atoms with Crippen molar-refractivity contribution in [2.24, 2.45) is 29.1 Å². The second-order valence-electron chi connectivity index (χ2n) is 16.1. The van der Waals surface area contributed by atoms with Crippen molar-refractivity contribution in [3.05, 3.63) is 72.3 Å². The summed E-state index contributed by atoms with van der Waals surface area (Å²) in [5.41, 5.74) is -4.38. The van der Waals surface area contributed by atoms with Crippen LogP contribution in [0.3, 0.4) is 0 Å². The molecule has 52 heavy (non-hydrogen) atoms. The van der Waals surface area contributed by atoms with Gasteiger partial charge in [-0.2, -0.15) is 0 Å². The number of aliphatic hydroxyl groups is 2. The van der Waals surface area contributed by atoms with Crippen LogP contribution in [-0.4, -0.2) is 105 Å². The van der Waals surface area contributed by atoms with Gasteiger partial charge in [0.1, 0.15) is 16.8 Å². The molecule has 0 radical (unpaired) electrons. The fourth-order valence-corrected chi connectivity index (χ4v) is 14.0. The predicted molar refractivity (Wildman–Crippen MR) is 192 cm³/mol. The number of carbonyl (C=O) groups is 1. The number of hydrogen-bond acceptors (Lipinski definition) is 10. The van der Waals surface area contributed by atoms with E-state index < -0.39 is 50.2 Å². The van der Waals surface area contributed by atoms with Crippen LogP contribution < -0.4 is 4.72 Å². The molecule has 5 saturated carbocycles. The van der Waals surface area contributed by atoms with E-state index in [2.05, 4.69) is 16.5 Å². The van der Waals surface area contributed by atoms with Gasteiger partial charge in [0, 0.05) is 69.4 Å². The topological polar surface area (TPSA) is 144 Å². The number of hydrogen-bond donors (Lipinski definition) is 3. The average molecular weight is 733 g/mol. The summed E-state index contributed by atoms with van der Waals surface area (Å²) in [5.74, 6) is -1.69. The minimum atomic E-state index is -4.06. The first kappa shape index (κ1) is 34.7. The van der Waals surface area contributed by atoms with Crippen molar-refractivity contribution in [2.75, 3.05) is 39.1 Å². The van der Waals surface area contributed by atoms with Crippen LogP contribution in [0.1, 0.15) is 49.4 Å². The van der Waals surface area contributed by atoms with Crippen molar-refractivity contribution in [1.29, 1.82) is 0 Å². The second kappa shape index (κ2) is 11.7. The van der Waals surface area contributed by atoms with Gasteiger partial charge in [-0.3, -0.25) is 9.62 Å². The molecule has 7 bridgehead atoms. The number of nitrogens with zero attached hydrogens (tertiary/aromatic N) is 1. The molecule has 1 aliphatic heterocycles. The highest BCUT2D eigenvalue weighted by Crippen LogP contribution is 2.79. The first-order valence-corrected chi connectivity index (χ1v) is 20.0. The molecule has 11 nitrogen and oxygen atoms in total. The lowest BCUT2D eigenvalue weighted by molar-refractivity contribution is -0.337. The van der Waals surface area contributed by atoms with Crippen LogP contribution in [0.4, 0.5) is 5.69 Å². The third kappa shape index (κ3) is 4.23. The van der Waals surface area contributed by atoms with E-state index in [-0.39, 0.29) is 52.1 Å². The first-order valence-electron chi connectivity index (χ1n) is 18.5. The highest BCUT2D eigenvalue weighted by molar-refractivity contribution is 7.92. The lowest BCUT2D eigenvalue weighted by atomic mass is 9.44. The number of nitrogens with one attached hydrogen (secondary N) is 1. The van der Waals surface area contributed by atoms with Gasteiger partial charge in [0.15, 0.2) is 0 Å². The van der Waals surface area contributed by atoms with Crippen molar-refractivity contribution < 1.29 is 42.4 Å². The number of benzene rings is 3. The van der Waals surface area contributed by atoms with E-state index in [1.807, 2.05) is 24.3 Å². The number of ether oxygens (including phenoxy) is 4. The zero-order valence-corrected chi connectivity index (χ0v) is 30.8. The molecule has 9 rings (SSSR count). The van der Waals surface area contributed by atoms with E-state index in [1.54, 1.807) is 63.8 Å². The van der Waals surface area contributed by atoms with Gasteiger partial charge in [-0.05, 0) is 67.3 Å². The summed E-state index contributed by atoms with van der Waals surface area (Å²) in [5, 5.41) is 27.7. The Hall–Kier alpha value is -3.10. The molecule has 1 heterocycles. The third-order valence-corrected chi connectivity index (χ3v) is 16.0.